The summed E-state index contributed by atoms with van der Waals surface area (Å²) < 4.78 is 13.4. The largest absolute Gasteiger partial charge is 0.343 e. The Morgan fingerprint density at radius 1 is 0.467 bits per heavy atom. The van der Waals surface area contributed by atoms with Crippen LogP contribution in [0.25, 0.3) is 0 Å². The van der Waals surface area contributed by atoms with E-state index in [0.29, 0.717) is 0 Å². The number of unbranched alkanes of at least 4 members (excludes halogenated alkanes) is 18. The second-order valence-corrected chi connectivity index (χ2v) is 14.1. The number of hydrogen-bond acceptors (Lipinski definition) is 3. The molecule has 2 aliphatic rings. The van der Waals surface area contributed by atoms with Crippen LogP contribution >= 0.6 is 0 Å². The van der Waals surface area contributed by atoms with Crippen LogP contribution in [-0.4, -0.2) is 43.0 Å². The van der Waals surface area contributed by atoms with Crippen molar-refractivity contribution in [1.82, 2.24) is 4.90 Å². The number of hydrogen-bond donors (Lipinski definition) is 0. The molecular weight excluding hydrogens is 550 g/mol. The molecule has 2 saturated heterocycles. The van der Waals surface area contributed by atoms with Crippen LogP contribution in [0, 0.1) is 0 Å². The number of nitrogens with zero attached hydrogens (tertiary/aromatic N) is 1. The molecule has 45 heavy (non-hydrogen) atoms. The van der Waals surface area contributed by atoms with E-state index in [1.54, 1.807) is 0 Å². The summed E-state index contributed by atoms with van der Waals surface area (Å²) in [6.45, 7) is 6.59. The van der Waals surface area contributed by atoms with Crippen molar-refractivity contribution in [3.63, 3.8) is 0 Å². The Hall–Kier alpha value is -1.16. The van der Waals surface area contributed by atoms with Crippen LogP contribution in [0.5, 0.6) is 0 Å². The zero-order valence-electron chi connectivity index (χ0n) is 30.3. The maximum Gasteiger partial charge on any atom is 0.169 e. The molecule has 2 fully saturated rings. The first-order chi connectivity index (χ1) is 22.2. The molecule has 260 valence electrons. The number of allylic oxidation sites excluding steroid dienone is 8. The molecule has 2 heterocycles. The highest BCUT2D eigenvalue weighted by Crippen LogP contribution is 2.40. The predicted octanol–water partition coefficient (Wildman–Crippen LogP) is 12.8. The van der Waals surface area contributed by atoms with Gasteiger partial charge in [-0.15, -0.1) is 0 Å². The van der Waals surface area contributed by atoms with Gasteiger partial charge in [0.2, 0.25) is 0 Å². The molecular formula is C42H75NO2. The third kappa shape index (κ3) is 20.6. The van der Waals surface area contributed by atoms with Crippen molar-refractivity contribution in [3.05, 3.63) is 48.6 Å². The van der Waals surface area contributed by atoms with E-state index in [1.165, 1.54) is 141 Å². The van der Waals surface area contributed by atoms with Crippen LogP contribution in [0.4, 0.5) is 0 Å². The average Bonchev–Trinajstić information content (AvgIpc) is 3.54. The quantitative estimate of drug-likeness (QED) is 0.0585. The van der Waals surface area contributed by atoms with E-state index in [-0.39, 0.29) is 18.0 Å². The van der Waals surface area contributed by atoms with Gasteiger partial charge >= 0.3 is 0 Å². The Labute approximate surface area is 281 Å². The van der Waals surface area contributed by atoms with Crippen LogP contribution in [0.1, 0.15) is 181 Å². The SMILES string of the molecule is CCCCC/C=C\C/C=C\CCCCCCCCC1(CCCCCCCC/C=C\C/C=C\CCCCC)OC2CN(C)CC2O1. The van der Waals surface area contributed by atoms with Crippen molar-refractivity contribution in [2.24, 2.45) is 0 Å². The van der Waals surface area contributed by atoms with Crippen LogP contribution in [0.15, 0.2) is 48.6 Å². The molecule has 0 aromatic heterocycles. The maximum absolute atomic E-state index is 6.70. The van der Waals surface area contributed by atoms with E-state index in [4.69, 9.17) is 9.47 Å². The fourth-order valence-corrected chi connectivity index (χ4v) is 6.86. The minimum atomic E-state index is -0.304. The van der Waals surface area contributed by atoms with Crippen molar-refractivity contribution < 1.29 is 9.47 Å². The van der Waals surface area contributed by atoms with Crippen LogP contribution in [0.3, 0.4) is 0 Å². The van der Waals surface area contributed by atoms with Crippen molar-refractivity contribution in [2.75, 3.05) is 20.1 Å². The first-order valence-electron chi connectivity index (χ1n) is 19.8. The lowest BCUT2D eigenvalue weighted by molar-refractivity contribution is -0.193. The van der Waals surface area contributed by atoms with Gasteiger partial charge in [0.25, 0.3) is 0 Å². The van der Waals surface area contributed by atoms with E-state index in [2.05, 4.69) is 74.4 Å². The second-order valence-electron chi connectivity index (χ2n) is 14.1. The molecule has 3 heteroatoms. The van der Waals surface area contributed by atoms with E-state index >= 15 is 0 Å². The summed E-state index contributed by atoms with van der Waals surface area (Å²) >= 11 is 0. The third-order valence-electron chi connectivity index (χ3n) is 9.65. The van der Waals surface area contributed by atoms with Crippen molar-refractivity contribution >= 4 is 0 Å². The third-order valence-corrected chi connectivity index (χ3v) is 9.65. The fourth-order valence-electron chi connectivity index (χ4n) is 6.86. The van der Waals surface area contributed by atoms with Crippen LogP contribution in [0.2, 0.25) is 0 Å². The first kappa shape index (κ1) is 40.0. The molecule has 0 amide bonds. The Balaban J connectivity index is 1.50. The van der Waals surface area contributed by atoms with E-state index in [0.717, 1.165) is 38.8 Å². The minimum Gasteiger partial charge on any atom is -0.343 e. The van der Waals surface area contributed by atoms with Gasteiger partial charge in [-0.05, 0) is 84.1 Å². The Bertz CT molecular complexity index is 720. The Morgan fingerprint density at radius 2 is 0.800 bits per heavy atom. The molecule has 2 rings (SSSR count). The van der Waals surface area contributed by atoms with Crippen LogP contribution in [-0.2, 0) is 9.47 Å². The van der Waals surface area contributed by atoms with Gasteiger partial charge in [-0.2, -0.15) is 0 Å². The lowest BCUT2D eigenvalue weighted by Gasteiger charge is -2.30. The molecule has 0 aromatic carbocycles. The van der Waals surface area contributed by atoms with Crippen molar-refractivity contribution in [2.45, 2.75) is 199 Å². The van der Waals surface area contributed by atoms with Gasteiger partial charge in [0.15, 0.2) is 5.79 Å². The lowest BCUT2D eigenvalue weighted by Crippen LogP contribution is -2.34. The normalized spacial score (nSPS) is 20.2. The second kappa shape index (κ2) is 27.9. The summed E-state index contributed by atoms with van der Waals surface area (Å²) in [6, 6.07) is 0. The summed E-state index contributed by atoms with van der Waals surface area (Å²) in [7, 11) is 2.19. The summed E-state index contributed by atoms with van der Waals surface area (Å²) in [6.07, 6.45) is 52.7. The zero-order valence-corrected chi connectivity index (χ0v) is 30.3. The standard InChI is InChI=1S/C42H75NO2/c1-4-6-8-10-12-14-16-18-20-22-24-26-28-30-32-34-36-42(44-40-38-43(3)39-41(40)45-42)37-35-33-31-29-27-25-23-21-19-17-15-13-11-9-7-5-2/h12-15,18-21,40-41H,4-11,16-17,22-39H2,1-3H3/b14-12-,15-13-,20-18-,21-19-. The molecule has 2 aliphatic heterocycles. The summed E-state index contributed by atoms with van der Waals surface area (Å²) in [5.41, 5.74) is 0. The summed E-state index contributed by atoms with van der Waals surface area (Å²) in [5, 5.41) is 0. The smallest absolute Gasteiger partial charge is 0.169 e. The molecule has 0 radical (unpaired) electrons. The van der Waals surface area contributed by atoms with Gasteiger partial charge in [0.1, 0.15) is 12.2 Å². The highest BCUT2D eigenvalue weighted by molar-refractivity contribution is 4.95. The fraction of sp³-hybridized carbons (Fsp3) is 0.810. The number of rotatable bonds is 30. The number of likely N-dealkylation sites (tertiary alicyclic amines) is 1. The maximum atomic E-state index is 6.70. The highest BCUT2D eigenvalue weighted by Gasteiger charge is 2.49. The zero-order chi connectivity index (χ0) is 32.1. The average molecular weight is 626 g/mol. The van der Waals surface area contributed by atoms with E-state index in [9.17, 15) is 0 Å². The Morgan fingerprint density at radius 3 is 1.18 bits per heavy atom. The van der Waals surface area contributed by atoms with Gasteiger partial charge in [0.05, 0.1) is 0 Å². The molecule has 0 bridgehead atoms. The molecule has 2 atom stereocenters. The summed E-state index contributed by atoms with van der Waals surface area (Å²) in [4.78, 5) is 2.36. The van der Waals surface area contributed by atoms with Crippen LogP contribution < -0.4 is 0 Å². The molecule has 0 N–H and O–H groups in total. The van der Waals surface area contributed by atoms with Gasteiger partial charge in [-0.25, -0.2) is 0 Å². The molecule has 3 nitrogen and oxygen atoms in total. The molecule has 2 unspecified atom stereocenters. The molecule has 0 spiro atoms. The molecule has 0 aromatic rings. The minimum absolute atomic E-state index is 0.282. The van der Waals surface area contributed by atoms with Gasteiger partial charge < -0.3 is 14.4 Å². The number of fused-ring (bicyclic) bond motifs is 1. The Kier molecular flexibility index (Phi) is 24.8. The highest BCUT2D eigenvalue weighted by atomic mass is 16.8. The number of likely N-dealkylation sites (N-methyl/N-ethyl adjacent to an activating group) is 1. The first-order valence-corrected chi connectivity index (χ1v) is 19.8. The van der Waals surface area contributed by atoms with Crippen molar-refractivity contribution in [1.29, 1.82) is 0 Å². The van der Waals surface area contributed by atoms with Gasteiger partial charge in [-0.1, -0.05) is 140 Å². The molecule has 0 saturated carbocycles. The number of ether oxygens (including phenoxy) is 2. The monoisotopic (exact) mass is 626 g/mol. The van der Waals surface area contributed by atoms with Gasteiger partial charge in [0, 0.05) is 25.9 Å². The summed E-state index contributed by atoms with van der Waals surface area (Å²) in [5.74, 6) is -0.304. The lowest BCUT2D eigenvalue weighted by atomic mass is 9.98. The molecule has 0 aliphatic carbocycles. The van der Waals surface area contributed by atoms with E-state index in [1.807, 2.05) is 0 Å². The van der Waals surface area contributed by atoms with Crippen molar-refractivity contribution in [3.8, 4) is 0 Å². The predicted molar refractivity (Wildman–Crippen MR) is 198 cm³/mol. The topological polar surface area (TPSA) is 21.7 Å². The van der Waals surface area contributed by atoms with Gasteiger partial charge in [-0.3, -0.25) is 0 Å². The van der Waals surface area contributed by atoms with E-state index < -0.39 is 0 Å².